The fourth-order valence-electron chi connectivity index (χ4n) is 3.40. The number of fused-ring (bicyclic) bond motifs is 2. The van der Waals surface area contributed by atoms with Crippen molar-refractivity contribution in [2.75, 3.05) is 13.7 Å². The molecule has 0 spiro atoms. The molecule has 146 valence electrons. The van der Waals surface area contributed by atoms with Crippen molar-refractivity contribution >= 4 is 28.6 Å². The van der Waals surface area contributed by atoms with Crippen molar-refractivity contribution < 1.29 is 23.9 Å². The fourth-order valence-corrected chi connectivity index (χ4v) is 3.40. The van der Waals surface area contributed by atoms with Gasteiger partial charge in [0.2, 0.25) is 0 Å². The fraction of sp³-hybridized carbons (Fsp3) is 0.174. The van der Waals surface area contributed by atoms with Gasteiger partial charge < -0.3 is 9.47 Å². The van der Waals surface area contributed by atoms with Gasteiger partial charge in [0.1, 0.15) is 11.5 Å². The van der Waals surface area contributed by atoms with Crippen molar-refractivity contribution in [3.63, 3.8) is 0 Å². The number of hydrogen-bond acceptors (Lipinski definition) is 5. The molecule has 0 atom stereocenters. The molecule has 1 aliphatic rings. The number of ether oxygens (including phenoxy) is 2. The average Bonchev–Trinajstić information content (AvgIpc) is 2.98. The molecule has 3 aromatic carbocycles. The smallest absolute Gasteiger partial charge is 0.311 e. The van der Waals surface area contributed by atoms with Crippen LogP contribution in [0.15, 0.2) is 60.7 Å². The predicted molar refractivity (Wildman–Crippen MR) is 107 cm³/mol. The van der Waals surface area contributed by atoms with E-state index in [0.717, 1.165) is 16.5 Å². The second kappa shape index (κ2) is 7.75. The van der Waals surface area contributed by atoms with Gasteiger partial charge in [-0.05, 0) is 53.6 Å². The molecule has 0 fully saturated rings. The Morgan fingerprint density at radius 2 is 1.48 bits per heavy atom. The van der Waals surface area contributed by atoms with Gasteiger partial charge >= 0.3 is 5.97 Å². The van der Waals surface area contributed by atoms with Crippen LogP contribution in [0.4, 0.5) is 0 Å². The lowest BCUT2D eigenvalue weighted by Gasteiger charge is -2.13. The number of benzene rings is 3. The van der Waals surface area contributed by atoms with E-state index in [4.69, 9.17) is 9.47 Å². The van der Waals surface area contributed by atoms with E-state index in [2.05, 4.69) is 0 Å². The van der Waals surface area contributed by atoms with Gasteiger partial charge in [0, 0.05) is 13.0 Å². The van der Waals surface area contributed by atoms with Gasteiger partial charge in [0.25, 0.3) is 11.8 Å². The summed E-state index contributed by atoms with van der Waals surface area (Å²) >= 11 is 0. The van der Waals surface area contributed by atoms with Crippen molar-refractivity contribution in [3.05, 3.63) is 71.8 Å². The number of carbonyl (C=O) groups excluding carboxylic acids is 3. The summed E-state index contributed by atoms with van der Waals surface area (Å²) in [6, 6.07) is 17.8. The topological polar surface area (TPSA) is 72.9 Å². The number of rotatable bonds is 6. The highest BCUT2D eigenvalue weighted by molar-refractivity contribution is 6.21. The van der Waals surface area contributed by atoms with Crippen LogP contribution in [0.5, 0.6) is 11.5 Å². The standard InChI is InChI=1S/C23H19NO5/c1-28-17-10-8-15-9-11-18(14-16(15)13-17)29-21(25)7-4-12-24-22(26)19-5-2-3-6-20(19)23(24)27/h2-3,5-6,8-11,13-14H,4,7,12H2,1H3. The van der Waals surface area contributed by atoms with Gasteiger partial charge in [-0.1, -0.05) is 24.3 Å². The number of imide groups is 1. The van der Waals surface area contributed by atoms with E-state index in [1.165, 1.54) is 4.90 Å². The van der Waals surface area contributed by atoms with Crippen LogP contribution in [0.25, 0.3) is 10.8 Å². The highest BCUT2D eigenvalue weighted by atomic mass is 16.5. The maximum absolute atomic E-state index is 12.3. The second-order valence-corrected chi connectivity index (χ2v) is 6.76. The van der Waals surface area contributed by atoms with Crippen LogP contribution in [0, 0.1) is 0 Å². The molecule has 4 rings (SSSR count). The van der Waals surface area contributed by atoms with Gasteiger partial charge in [0.05, 0.1) is 18.2 Å². The second-order valence-electron chi connectivity index (χ2n) is 6.76. The third kappa shape index (κ3) is 3.69. The minimum absolute atomic E-state index is 0.101. The molecule has 1 heterocycles. The first-order chi connectivity index (χ1) is 14.1. The molecule has 0 saturated heterocycles. The third-order valence-corrected chi connectivity index (χ3v) is 4.89. The molecule has 0 aliphatic carbocycles. The van der Waals surface area contributed by atoms with Crippen LogP contribution in [0.2, 0.25) is 0 Å². The van der Waals surface area contributed by atoms with Gasteiger partial charge in [-0.2, -0.15) is 0 Å². The van der Waals surface area contributed by atoms with E-state index in [1.807, 2.05) is 24.3 Å². The summed E-state index contributed by atoms with van der Waals surface area (Å²) in [5.41, 5.74) is 0.818. The maximum atomic E-state index is 12.3. The molecule has 0 aromatic heterocycles. The Morgan fingerprint density at radius 3 is 2.14 bits per heavy atom. The molecule has 29 heavy (non-hydrogen) atoms. The van der Waals surface area contributed by atoms with Crippen LogP contribution >= 0.6 is 0 Å². The van der Waals surface area contributed by atoms with Crippen molar-refractivity contribution in [1.29, 1.82) is 0 Å². The van der Waals surface area contributed by atoms with Gasteiger partial charge in [-0.15, -0.1) is 0 Å². The predicted octanol–water partition coefficient (Wildman–Crippen LogP) is 3.83. The number of esters is 1. The quantitative estimate of drug-likeness (QED) is 0.364. The van der Waals surface area contributed by atoms with Crippen LogP contribution in [-0.4, -0.2) is 36.3 Å². The van der Waals surface area contributed by atoms with Crippen molar-refractivity contribution in [1.82, 2.24) is 4.90 Å². The zero-order chi connectivity index (χ0) is 20.4. The zero-order valence-electron chi connectivity index (χ0n) is 15.9. The number of hydrogen-bond donors (Lipinski definition) is 0. The van der Waals surface area contributed by atoms with E-state index in [0.29, 0.717) is 23.3 Å². The van der Waals surface area contributed by atoms with E-state index >= 15 is 0 Å². The number of nitrogens with zero attached hydrogens (tertiary/aromatic N) is 1. The third-order valence-electron chi connectivity index (χ3n) is 4.89. The van der Waals surface area contributed by atoms with Crippen molar-refractivity contribution in [3.8, 4) is 11.5 Å². The summed E-state index contributed by atoms with van der Waals surface area (Å²) in [4.78, 5) is 38.0. The summed E-state index contributed by atoms with van der Waals surface area (Å²) in [6.45, 7) is 0.177. The molecule has 2 amide bonds. The summed E-state index contributed by atoms with van der Waals surface area (Å²) in [5, 5.41) is 1.91. The normalized spacial score (nSPS) is 12.9. The van der Waals surface area contributed by atoms with E-state index < -0.39 is 5.97 Å². The molecule has 6 heteroatoms. The molecule has 0 saturated carbocycles. The molecular weight excluding hydrogens is 370 g/mol. The summed E-state index contributed by atoms with van der Waals surface area (Å²) in [6.07, 6.45) is 0.440. The summed E-state index contributed by atoms with van der Waals surface area (Å²) < 4.78 is 10.6. The largest absolute Gasteiger partial charge is 0.497 e. The van der Waals surface area contributed by atoms with Crippen LogP contribution in [0.1, 0.15) is 33.6 Å². The van der Waals surface area contributed by atoms with Crippen LogP contribution in [0.3, 0.4) is 0 Å². The van der Waals surface area contributed by atoms with Gasteiger partial charge in [-0.3, -0.25) is 19.3 Å². The van der Waals surface area contributed by atoms with Gasteiger partial charge in [-0.25, -0.2) is 0 Å². The maximum Gasteiger partial charge on any atom is 0.311 e. The molecule has 0 N–H and O–H groups in total. The van der Waals surface area contributed by atoms with Gasteiger partial charge in [0.15, 0.2) is 0 Å². The molecular formula is C23H19NO5. The van der Waals surface area contributed by atoms with E-state index in [9.17, 15) is 14.4 Å². The number of amides is 2. The first kappa shape index (κ1) is 18.7. The monoisotopic (exact) mass is 389 g/mol. The SMILES string of the molecule is COc1ccc2ccc(OC(=O)CCCN3C(=O)c4ccccc4C3=O)cc2c1. The summed E-state index contributed by atoms with van der Waals surface area (Å²) in [7, 11) is 1.60. The highest BCUT2D eigenvalue weighted by Gasteiger charge is 2.34. The Morgan fingerprint density at radius 1 is 0.862 bits per heavy atom. The first-order valence-corrected chi connectivity index (χ1v) is 9.30. The Bertz CT molecular complexity index is 1090. The average molecular weight is 389 g/mol. The molecule has 0 radical (unpaired) electrons. The zero-order valence-corrected chi connectivity index (χ0v) is 15.9. The van der Waals surface area contributed by atoms with Crippen molar-refractivity contribution in [2.24, 2.45) is 0 Å². The lowest BCUT2D eigenvalue weighted by molar-refractivity contribution is -0.134. The molecule has 6 nitrogen and oxygen atoms in total. The van der Waals surface area contributed by atoms with Crippen LogP contribution in [-0.2, 0) is 4.79 Å². The van der Waals surface area contributed by atoms with Crippen molar-refractivity contribution in [2.45, 2.75) is 12.8 Å². The first-order valence-electron chi connectivity index (χ1n) is 9.30. The highest BCUT2D eigenvalue weighted by Crippen LogP contribution is 2.26. The Balaban J connectivity index is 1.34. The minimum atomic E-state index is -0.413. The molecule has 3 aromatic rings. The number of carbonyl (C=O) groups is 3. The number of methoxy groups -OCH3 is 1. The Kier molecular flexibility index (Phi) is 4.99. The lowest BCUT2D eigenvalue weighted by atomic mass is 10.1. The molecule has 1 aliphatic heterocycles. The lowest BCUT2D eigenvalue weighted by Crippen LogP contribution is -2.31. The van der Waals surface area contributed by atoms with E-state index in [1.54, 1.807) is 43.5 Å². The van der Waals surface area contributed by atoms with E-state index in [-0.39, 0.29) is 24.8 Å². The van der Waals surface area contributed by atoms with Crippen LogP contribution < -0.4 is 9.47 Å². The molecule has 0 unspecified atom stereocenters. The Labute approximate surface area is 167 Å². The Hall–Kier alpha value is -3.67. The molecule has 0 bridgehead atoms. The minimum Gasteiger partial charge on any atom is -0.497 e. The summed E-state index contributed by atoms with van der Waals surface area (Å²) in [5.74, 6) is 0.118.